The molecule has 0 bridgehead atoms. The molecule has 1 aromatic rings. The Morgan fingerprint density at radius 1 is 1.33 bits per heavy atom. The third kappa shape index (κ3) is 3.10. The molecule has 5 nitrogen and oxygen atoms in total. The van der Waals surface area contributed by atoms with Gasteiger partial charge in [-0.2, -0.15) is 0 Å². The lowest BCUT2D eigenvalue weighted by Crippen LogP contribution is -2.58. The van der Waals surface area contributed by atoms with Crippen molar-refractivity contribution in [1.29, 1.82) is 0 Å². The molecule has 1 amide bonds. The predicted octanol–water partition coefficient (Wildman–Crippen LogP) is 2.06. The molecular weight excluding hydrogens is 288 g/mol. The minimum absolute atomic E-state index is 0.147. The number of aromatic hydroxyl groups is 2. The predicted molar refractivity (Wildman–Crippen MR) is 84.4 cm³/mol. The summed E-state index contributed by atoms with van der Waals surface area (Å²) < 4.78 is 0. The number of amides is 1. The molecule has 21 heavy (non-hydrogen) atoms. The van der Waals surface area contributed by atoms with E-state index < -0.39 is 11.4 Å². The number of nitrogens with two attached hydrogens (primary N) is 1. The van der Waals surface area contributed by atoms with Crippen LogP contribution in [0.15, 0.2) is 18.2 Å². The van der Waals surface area contributed by atoms with E-state index in [4.69, 9.17) is 18.0 Å². The summed E-state index contributed by atoms with van der Waals surface area (Å²) in [4.78, 5) is 12.6. The van der Waals surface area contributed by atoms with Crippen molar-refractivity contribution in [3.63, 3.8) is 0 Å². The fourth-order valence-electron chi connectivity index (χ4n) is 2.73. The maximum absolute atomic E-state index is 12.4. The van der Waals surface area contributed by atoms with Gasteiger partial charge >= 0.3 is 0 Å². The number of benzene rings is 1. The molecule has 6 heteroatoms. The summed E-state index contributed by atoms with van der Waals surface area (Å²) >= 11 is 5.14. The minimum Gasteiger partial charge on any atom is -0.507 e. The van der Waals surface area contributed by atoms with E-state index in [0.29, 0.717) is 18.8 Å². The Balaban J connectivity index is 2.26. The number of phenolic OH excluding ortho intramolecular Hbond substituents is 2. The number of thiocarbonyl (C=S) groups is 1. The number of phenols is 2. The molecule has 0 saturated heterocycles. The van der Waals surface area contributed by atoms with Crippen molar-refractivity contribution >= 4 is 23.1 Å². The Hall–Kier alpha value is -1.82. The van der Waals surface area contributed by atoms with Crippen LogP contribution in [-0.4, -0.2) is 26.6 Å². The van der Waals surface area contributed by atoms with E-state index in [1.165, 1.54) is 18.2 Å². The largest absolute Gasteiger partial charge is 0.507 e. The highest BCUT2D eigenvalue weighted by molar-refractivity contribution is 7.80. The van der Waals surface area contributed by atoms with E-state index in [-0.39, 0.29) is 22.1 Å². The maximum Gasteiger partial charge on any atom is 0.259 e. The zero-order chi connectivity index (χ0) is 15.6. The molecule has 1 aliphatic carbocycles. The number of carbonyl (C=O) groups is 1. The third-order valence-electron chi connectivity index (χ3n) is 4.20. The molecule has 0 atom stereocenters. The highest BCUT2D eigenvalue weighted by Gasteiger charge is 2.39. The van der Waals surface area contributed by atoms with Gasteiger partial charge in [0, 0.05) is 0 Å². The Bertz CT molecular complexity index is 546. The Morgan fingerprint density at radius 3 is 2.33 bits per heavy atom. The number of hydrogen-bond donors (Lipinski definition) is 4. The van der Waals surface area contributed by atoms with Crippen molar-refractivity contribution in [3.8, 4) is 11.5 Å². The summed E-state index contributed by atoms with van der Waals surface area (Å²) in [5.74, 6) is -0.527. The molecule has 0 heterocycles. The van der Waals surface area contributed by atoms with Gasteiger partial charge in [-0.15, -0.1) is 0 Å². The van der Waals surface area contributed by atoms with Gasteiger partial charge < -0.3 is 21.3 Å². The van der Waals surface area contributed by atoms with Crippen LogP contribution in [0.4, 0.5) is 0 Å². The van der Waals surface area contributed by atoms with Crippen LogP contribution in [0.5, 0.6) is 11.5 Å². The quantitative estimate of drug-likeness (QED) is 0.641. The Morgan fingerprint density at radius 2 is 1.86 bits per heavy atom. The van der Waals surface area contributed by atoms with Gasteiger partial charge in [-0.1, -0.05) is 25.2 Å². The summed E-state index contributed by atoms with van der Waals surface area (Å²) in [5.41, 5.74) is 4.95. The second-order valence-corrected chi connectivity index (χ2v) is 6.19. The van der Waals surface area contributed by atoms with E-state index in [0.717, 1.165) is 12.8 Å². The van der Waals surface area contributed by atoms with E-state index >= 15 is 0 Å². The highest BCUT2D eigenvalue weighted by atomic mass is 32.1. The zero-order valence-electron chi connectivity index (χ0n) is 11.9. The fraction of sp³-hybridized carbons (Fsp3) is 0.467. The molecule has 0 aromatic heterocycles. The van der Waals surface area contributed by atoms with Crippen LogP contribution in [0.1, 0.15) is 43.0 Å². The molecule has 5 N–H and O–H groups in total. The average molecular weight is 308 g/mol. The van der Waals surface area contributed by atoms with Gasteiger partial charge in [0.05, 0.1) is 10.5 Å². The Labute approximate surface area is 129 Å². The highest BCUT2D eigenvalue weighted by Crippen LogP contribution is 2.34. The second kappa shape index (κ2) is 5.89. The summed E-state index contributed by atoms with van der Waals surface area (Å²) in [6, 6.07) is 4.17. The molecule has 1 aliphatic rings. The van der Waals surface area contributed by atoms with Crippen LogP contribution >= 0.6 is 12.2 Å². The van der Waals surface area contributed by atoms with Gasteiger partial charge in [0.2, 0.25) is 0 Å². The van der Waals surface area contributed by atoms with E-state index in [2.05, 4.69) is 12.2 Å². The standard InChI is InChI=1S/C15H20N2O3S/c1-9-5-7-15(8-6-9,14(16)21)17-13(20)12-10(18)3-2-4-11(12)19/h2-4,9,18-19H,5-8H2,1H3,(H2,16,21)(H,17,20). The summed E-state index contributed by atoms with van der Waals surface area (Å²) in [6.45, 7) is 2.15. The monoisotopic (exact) mass is 308 g/mol. The van der Waals surface area contributed by atoms with Crippen molar-refractivity contribution in [2.45, 2.75) is 38.1 Å². The SMILES string of the molecule is CC1CCC(NC(=O)c2c(O)cccc2O)(C(N)=S)CC1. The summed E-state index contributed by atoms with van der Waals surface area (Å²) in [7, 11) is 0. The van der Waals surface area contributed by atoms with E-state index in [1.807, 2.05) is 0 Å². The summed E-state index contributed by atoms with van der Waals surface area (Å²) in [6.07, 6.45) is 3.18. The van der Waals surface area contributed by atoms with Crippen molar-refractivity contribution in [2.75, 3.05) is 0 Å². The van der Waals surface area contributed by atoms with Crippen molar-refractivity contribution in [3.05, 3.63) is 23.8 Å². The van der Waals surface area contributed by atoms with Gasteiger partial charge in [0.1, 0.15) is 17.1 Å². The average Bonchev–Trinajstić information content (AvgIpc) is 2.41. The fourth-order valence-corrected chi connectivity index (χ4v) is 2.98. The minimum atomic E-state index is -0.742. The molecule has 1 aromatic carbocycles. The van der Waals surface area contributed by atoms with E-state index in [1.54, 1.807) is 0 Å². The molecule has 0 aliphatic heterocycles. The van der Waals surface area contributed by atoms with Gasteiger partial charge in [-0.05, 0) is 43.7 Å². The lowest BCUT2D eigenvalue weighted by atomic mass is 9.77. The summed E-state index contributed by atoms with van der Waals surface area (Å²) in [5, 5.41) is 22.4. The van der Waals surface area contributed by atoms with E-state index in [9.17, 15) is 15.0 Å². The number of nitrogens with one attached hydrogen (secondary N) is 1. The van der Waals surface area contributed by atoms with Crippen LogP contribution in [-0.2, 0) is 0 Å². The van der Waals surface area contributed by atoms with Crippen molar-refractivity contribution < 1.29 is 15.0 Å². The molecular formula is C15H20N2O3S. The normalized spacial score (nSPS) is 25.3. The second-order valence-electron chi connectivity index (χ2n) is 5.75. The first-order valence-electron chi connectivity index (χ1n) is 6.99. The first-order valence-corrected chi connectivity index (χ1v) is 7.40. The van der Waals surface area contributed by atoms with Crippen molar-refractivity contribution in [1.82, 2.24) is 5.32 Å². The lowest BCUT2D eigenvalue weighted by molar-refractivity contribution is 0.0895. The van der Waals surface area contributed by atoms with Crippen LogP contribution in [0, 0.1) is 5.92 Å². The van der Waals surface area contributed by atoms with Crippen molar-refractivity contribution in [2.24, 2.45) is 11.7 Å². The molecule has 2 rings (SSSR count). The van der Waals surface area contributed by atoms with Crippen LogP contribution in [0.2, 0.25) is 0 Å². The van der Waals surface area contributed by atoms with Crippen LogP contribution < -0.4 is 11.1 Å². The number of hydrogen-bond acceptors (Lipinski definition) is 4. The zero-order valence-corrected chi connectivity index (χ0v) is 12.7. The number of carbonyl (C=O) groups excluding carboxylic acids is 1. The Kier molecular flexibility index (Phi) is 4.37. The molecule has 114 valence electrons. The molecule has 1 saturated carbocycles. The molecule has 1 fully saturated rings. The first-order chi connectivity index (χ1) is 9.85. The number of rotatable bonds is 3. The smallest absolute Gasteiger partial charge is 0.259 e. The van der Waals surface area contributed by atoms with Gasteiger partial charge in [0.15, 0.2) is 0 Å². The maximum atomic E-state index is 12.4. The van der Waals surface area contributed by atoms with Gasteiger partial charge in [-0.25, -0.2) is 0 Å². The first kappa shape index (κ1) is 15.6. The molecule has 0 spiro atoms. The van der Waals surface area contributed by atoms with Crippen LogP contribution in [0.25, 0.3) is 0 Å². The molecule has 0 unspecified atom stereocenters. The molecule has 0 radical (unpaired) electrons. The van der Waals surface area contributed by atoms with Crippen LogP contribution in [0.3, 0.4) is 0 Å². The van der Waals surface area contributed by atoms with Gasteiger partial charge in [0.25, 0.3) is 5.91 Å². The van der Waals surface area contributed by atoms with Gasteiger partial charge in [-0.3, -0.25) is 4.79 Å². The topological polar surface area (TPSA) is 95.6 Å². The lowest BCUT2D eigenvalue weighted by Gasteiger charge is -2.39. The third-order valence-corrected chi connectivity index (χ3v) is 4.59.